The second kappa shape index (κ2) is 14.9. The number of rotatable bonds is 15. The molecule has 0 fully saturated rings. The first-order valence-corrected chi connectivity index (χ1v) is 9.90. The fourth-order valence-corrected chi connectivity index (χ4v) is 3.16. The van der Waals surface area contributed by atoms with Gasteiger partial charge in [-0.15, -0.1) is 0 Å². The SMILES string of the molecule is CCCCCCCC/C=C/CCCCCC1N=CCN1CCO. The predicted octanol–water partition coefficient (Wildman–Crippen LogP) is 4.95. The van der Waals surface area contributed by atoms with Gasteiger partial charge in [0.1, 0.15) is 6.17 Å². The zero-order valence-electron chi connectivity index (χ0n) is 15.3. The van der Waals surface area contributed by atoms with Gasteiger partial charge in [-0.2, -0.15) is 0 Å². The average Bonchev–Trinajstić information content (AvgIpc) is 2.99. The molecule has 1 atom stereocenters. The molecule has 1 unspecified atom stereocenters. The Balaban J connectivity index is 1.85. The highest BCUT2D eigenvalue weighted by Crippen LogP contribution is 2.15. The highest BCUT2D eigenvalue weighted by atomic mass is 16.3. The zero-order valence-corrected chi connectivity index (χ0v) is 15.3. The molecular formula is C20H38N2O. The van der Waals surface area contributed by atoms with Gasteiger partial charge in [0.15, 0.2) is 0 Å². The van der Waals surface area contributed by atoms with E-state index >= 15 is 0 Å². The van der Waals surface area contributed by atoms with Gasteiger partial charge in [0.05, 0.1) is 6.61 Å². The van der Waals surface area contributed by atoms with E-state index in [1.807, 2.05) is 6.21 Å². The molecule has 3 nitrogen and oxygen atoms in total. The molecular weight excluding hydrogens is 284 g/mol. The number of hydrogen-bond donors (Lipinski definition) is 1. The summed E-state index contributed by atoms with van der Waals surface area (Å²) in [7, 11) is 0. The minimum absolute atomic E-state index is 0.239. The Morgan fingerprint density at radius 2 is 1.65 bits per heavy atom. The summed E-state index contributed by atoms with van der Waals surface area (Å²) in [5, 5.41) is 9.02. The van der Waals surface area contributed by atoms with Crippen LogP contribution in [0.1, 0.15) is 84.0 Å². The maximum atomic E-state index is 9.02. The normalized spacial score (nSPS) is 18.4. The molecule has 0 bridgehead atoms. The maximum Gasteiger partial charge on any atom is 0.102 e. The molecule has 3 heteroatoms. The van der Waals surface area contributed by atoms with E-state index < -0.39 is 0 Å². The van der Waals surface area contributed by atoms with Gasteiger partial charge in [-0.1, -0.05) is 57.6 Å². The molecule has 134 valence electrons. The fraction of sp³-hybridized carbons (Fsp3) is 0.850. The van der Waals surface area contributed by atoms with E-state index in [2.05, 4.69) is 29.0 Å². The van der Waals surface area contributed by atoms with E-state index in [9.17, 15) is 0 Å². The van der Waals surface area contributed by atoms with Gasteiger partial charge in [0.25, 0.3) is 0 Å². The van der Waals surface area contributed by atoms with Gasteiger partial charge < -0.3 is 5.11 Å². The molecule has 0 amide bonds. The van der Waals surface area contributed by atoms with Crippen molar-refractivity contribution in [3.8, 4) is 0 Å². The minimum Gasteiger partial charge on any atom is -0.395 e. The van der Waals surface area contributed by atoms with Crippen LogP contribution in [0.5, 0.6) is 0 Å². The summed E-state index contributed by atoms with van der Waals surface area (Å²) in [6, 6.07) is 0. The summed E-state index contributed by atoms with van der Waals surface area (Å²) in [5.41, 5.74) is 0. The number of β-amino-alcohol motifs (C(OH)–C–C–N with tert-alkyl or cyclic N) is 1. The van der Waals surface area contributed by atoms with Crippen LogP contribution in [-0.2, 0) is 0 Å². The zero-order chi connectivity index (χ0) is 16.6. The summed E-state index contributed by atoms with van der Waals surface area (Å²) in [6.07, 6.45) is 22.9. The lowest BCUT2D eigenvalue weighted by Crippen LogP contribution is -2.32. The number of aliphatic hydroxyl groups excluding tert-OH is 1. The van der Waals surface area contributed by atoms with Crippen molar-refractivity contribution in [2.75, 3.05) is 19.7 Å². The van der Waals surface area contributed by atoms with Gasteiger partial charge in [-0.05, 0) is 38.5 Å². The minimum atomic E-state index is 0.239. The van der Waals surface area contributed by atoms with Crippen LogP contribution < -0.4 is 0 Å². The van der Waals surface area contributed by atoms with Crippen LogP contribution in [0, 0.1) is 0 Å². The quantitative estimate of drug-likeness (QED) is 0.342. The molecule has 0 aromatic carbocycles. The van der Waals surface area contributed by atoms with Crippen LogP contribution in [0.2, 0.25) is 0 Å². The van der Waals surface area contributed by atoms with E-state index in [0.29, 0.717) is 6.17 Å². The molecule has 0 saturated heterocycles. The van der Waals surface area contributed by atoms with Crippen molar-refractivity contribution in [3.05, 3.63) is 12.2 Å². The maximum absolute atomic E-state index is 9.02. The van der Waals surface area contributed by atoms with Crippen LogP contribution in [0.25, 0.3) is 0 Å². The first-order valence-electron chi connectivity index (χ1n) is 9.90. The van der Waals surface area contributed by atoms with Crippen LogP contribution in [0.3, 0.4) is 0 Å². The van der Waals surface area contributed by atoms with Gasteiger partial charge in [0, 0.05) is 19.3 Å². The van der Waals surface area contributed by atoms with E-state index in [-0.39, 0.29) is 6.61 Å². The Labute approximate surface area is 143 Å². The third-order valence-corrected chi connectivity index (χ3v) is 4.63. The lowest BCUT2D eigenvalue weighted by Gasteiger charge is -2.21. The number of aliphatic hydroxyl groups is 1. The molecule has 1 aliphatic rings. The van der Waals surface area contributed by atoms with E-state index in [1.165, 1.54) is 70.6 Å². The molecule has 0 aliphatic carbocycles. The Kier molecular flexibility index (Phi) is 13.2. The Morgan fingerprint density at radius 1 is 1.00 bits per heavy atom. The largest absolute Gasteiger partial charge is 0.395 e. The second-order valence-corrected chi connectivity index (χ2v) is 6.70. The molecule has 0 aromatic rings. The number of allylic oxidation sites excluding steroid dienone is 2. The lowest BCUT2D eigenvalue weighted by molar-refractivity contribution is 0.176. The Morgan fingerprint density at radius 3 is 2.35 bits per heavy atom. The molecule has 1 N–H and O–H groups in total. The van der Waals surface area contributed by atoms with Crippen LogP contribution >= 0.6 is 0 Å². The molecule has 0 spiro atoms. The highest BCUT2D eigenvalue weighted by Gasteiger charge is 2.19. The van der Waals surface area contributed by atoms with Crippen molar-refractivity contribution in [1.29, 1.82) is 0 Å². The van der Waals surface area contributed by atoms with Crippen molar-refractivity contribution in [2.24, 2.45) is 4.99 Å². The third-order valence-electron chi connectivity index (χ3n) is 4.63. The third kappa shape index (κ3) is 10.7. The molecule has 0 aromatic heterocycles. The smallest absolute Gasteiger partial charge is 0.102 e. The molecule has 0 radical (unpaired) electrons. The molecule has 1 heterocycles. The van der Waals surface area contributed by atoms with Gasteiger partial charge in [-0.3, -0.25) is 9.89 Å². The molecule has 0 saturated carbocycles. The average molecular weight is 323 g/mol. The van der Waals surface area contributed by atoms with Crippen molar-refractivity contribution < 1.29 is 5.11 Å². The van der Waals surface area contributed by atoms with Crippen molar-refractivity contribution >= 4 is 6.21 Å². The summed E-state index contributed by atoms with van der Waals surface area (Å²) in [6.45, 7) is 4.18. The van der Waals surface area contributed by atoms with Crippen molar-refractivity contribution in [1.82, 2.24) is 4.90 Å². The fourth-order valence-electron chi connectivity index (χ4n) is 3.16. The summed E-state index contributed by atoms with van der Waals surface area (Å²) in [5.74, 6) is 0. The van der Waals surface area contributed by atoms with Crippen LogP contribution in [0.15, 0.2) is 17.1 Å². The standard InChI is InChI=1S/C20H38N2O/c1-2-3-4-5-6-7-8-9-10-11-12-13-14-15-20-21-16-17-22(20)18-19-23/h9-10,16,20,23H,2-8,11-15,17-19H2,1H3/b10-9+. The van der Waals surface area contributed by atoms with E-state index in [0.717, 1.165) is 19.5 Å². The number of hydrogen-bond acceptors (Lipinski definition) is 3. The molecule has 1 rings (SSSR count). The monoisotopic (exact) mass is 322 g/mol. The number of unbranched alkanes of at least 4 members (excludes halogenated alkanes) is 9. The van der Waals surface area contributed by atoms with E-state index in [1.54, 1.807) is 0 Å². The first kappa shape index (κ1) is 20.4. The molecule has 23 heavy (non-hydrogen) atoms. The van der Waals surface area contributed by atoms with Gasteiger partial charge in [-0.25, -0.2) is 0 Å². The van der Waals surface area contributed by atoms with Gasteiger partial charge in [0.2, 0.25) is 0 Å². The second-order valence-electron chi connectivity index (χ2n) is 6.70. The Bertz CT molecular complexity index is 315. The Hall–Kier alpha value is -0.670. The van der Waals surface area contributed by atoms with Crippen LogP contribution in [0.4, 0.5) is 0 Å². The van der Waals surface area contributed by atoms with E-state index in [4.69, 9.17) is 5.11 Å². The molecule has 1 aliphatic heterocycles. The summed E-state index contributed by atoms with van der Waals surface area (Å²) >= 11 is 0. The topological polar surface area (TPSA) is 35.8 Å². The van der Waals surface area contributed by atoms with Gasteiger partial charge >= 0.3 is 0 Å². The van der Waals surface area contributed by atoms with Crippen molar-refractivity contribution in [3.63, 3.8) is 0 Å². The van der Waals surface area contributed by atoms with Crippen LogP contribution in [-0.4, -0.2) is 42.1 Å². The number of aliphatic imine (C=N–C) groups is 1. The lowest BCUT2D eigenvalue weighted by atomic mass is 10.1. The predicted molar refractivity (Wildman–Crippen MR) is 101 cm³/mol. The first-order chi connectivity index (χ1) is 11.4. The summed E-state index contributed by atoms with van der Waals surface area (Å²) in [4.78, 5) is 6.77. The summed E-state index contributed by atoms with van der Waals surface area (Å²) < 4.78 is 0. The number of nitrogens with zero attached hydrogens (tertiary/aromatic N) is 2. The van der Waals surface area contributed by atoms with Crippen molar-refractivity contribution in [2.45, 2.75) is 90.1 Å². The highest BCUT2D eigenvalue weighted by molar-refractivity contribution is 5.62.